The molecule has 1 heterocycles. The minimum atomic E-state index is 0.153. The quantitative estimate of drug-likeness (QED) is 0.772. The van der Waals surface area contributed by atoms with Crippen molar-refractivity contribution in [3.63, 3.8) is 0 Å². The van der Waals surface area contributed by atoms with Gasteiger partial charge in [0.1, 0.15) is 0 Å². The minimum absolute atomic E-state index is 0.153. The van der Waals surface area contributed by atoms with E-state index in [2.05, 4.69) is 0 Å². The first-order chi connectivity index (χ1) is 7.68. The first-order valence-corrected chi connectivity index (χ1v) is 6.45. The molecule has 1 aliphatic carbocycles. The van der Waals surface area contributed by atoms with E-state index in [1.54, 1.807) is 0 Å². The Hall–Kier alpha value is -0.990. The molecule has 0 saturated heterocycles. The number of aromatic nitrogens is 2. The highest BCUT2D eigenvalue weighted by Crippen LogP contribution is 2.24. The summed E-state index contributed by atoms with van der Waals surface area (Å²) in [6.07, 6.45) is 10.5. The smallest absolute Gasteiger partial charge is 0.299 e. The van der Waals surface area contributed by atoms with Crippen LogP contribution in [0.15, 0.2) is 17.2 Å². The lowest BCUT2D eigenvalue weighted by atomic mass is 9.89. The maximum atomic E-state index is 12.0. The summed E-state index contributed by atoms with van der Waals surface area (Å²) in [5.41, 5.74) is 0.153. The zero-order valence-electron chi connectivity index (χ0n) is 10.4. The number of hydrogen-bond donors (Lipinski definition) is 0. The zero-order valence-corrected chi connectivity index (χ0v) is 10.4. The molecule has 3 nitrogen and oxygen atoms in total. The second kappa shape index (κ2) is 4.89. The van der Waals surface area contributed by atoms with Crippen LogP contribution in [0.5, 0.6) is 0 Å². The Balaban J connectivity index is 2.06. The van der Waals surface area contributed by atoms with Gasteiger partial charge in [-0.3, -0.25) is 9.13 Å². The zero-order chi connectivity index (χ0) is 11.5. The fourth-order valence-electron chi connectivity index (χ4n) is 2.61. The molecule has 0 unspecified atom stereocenters. The highest BCUT2D eigenvalue weighted by molar-refractivity contribution is 4.84. The summed E-state index contributed by atoms with van der Waals surface area (Å²) in [7, 11) is 0. The van der Waals surface area contributed by atoms with Crippen molar-refractivity contribution in [2.24, 2.45) is 5.92 Å². The van der Waals surface area contributed by atoms with Gasteiger partial charge in [0.25, 0.3) is 0 Å². The predicted molar refractivity (Wildman–Crippen MR) is 65.7 cm³/mol. The summed E-state index contributed by atoms with van der Waals surface area (Å²) >= 11 is 0. The molecule has 0 radical (unpaired) electrons. The Kier molecular flexibility index (Phi) is 3.52. The molecule has 0 aromatic carbocycles. The Labute approximate surface area is 97.1 Å². The molecule has 16 heavy (non-hydrogen) atoms. The van der Waals surface area contributed by atoms with E-state index in [9.17, 15) is 4.79 Å². The first-order valence-electron chi connectivity index (χ1n) is 6.45. The molecule has 1 aliphatic rings. The topological polar surface area (TPSA) is 26.9 Å². The van der Waals surface area contributed by atoms with Gasteiger partial charge in [-0.25, -0.2) is 4.79 Å². The summed E-state index contributed by atoms with van der Waals surface area (Å²) in [6.45, 7) is 5.01. The van der Waals surface area contributed by atoms with Crippen LogP contribution in [-0.4, -0.2) is 9.13 Å². The van der Waals surface area contributed by atoms with E-state index in [1.165, 1.54) is 32.1 Å². The summed E-state index contributed by atoms with van der Waals surface area (Å²) in [4.78, 5) is 12.0. The van der Waals surface area contributed by atoms with Crippen LogP contribution in [-0.2, 0) is 6.54 Å². The molecule has 1 saturated carbocycles. The standard InChI is InChI=1S/C13H22N2O/c1-11(2)15-9-8-14(13(15)16)10-12-6-4-3-5-7-12/h8-9,11-12H,3-7,10H2,1-2H3. The van der Waals surface area contributed by atoms with Crippen LogP contribution in [0.1, 0.15) is 52.0 Å². The molecule has 0 amide bonds. The van der Waals surface area contributed by atoms with Crippen LogP contribution in [0, 0.1) is 5.92 Å². The van der Waals surface area contributed by atoms with Crippen molar-refractivity contribution < 1.29 is 0 Å². The molecule has 0 bridgehead atoms. The highest BCUT2D eigenvalue weighted by Gasteiger charge is 2.15. The van der Waals surface area contributed by atoms with Gasteiger partial charge in [-0.1, -0.05) is 19.3 Å². The Morgan fingerprint density at radius 1 is 1.25 bits per heavy atom. The Morgan fingerprint density at radius 3 is 2.50 bits per heavy atom. The maximum Gasteiger partial charge on any atom is 0.328 e. The van der Waals surface area contributed by atoms with E-state index in [4.69, 9.17) is 0 Å². The molecule has 0 atom stereocenters. The van der Waals surface area contributed by atoms with E-state index < -0.39 is 0 Å². The monoisotopic (exact) mass is 222 g/mol. The predicted octanol–water partition coefficient (Wildman–Crippen LogP) is 2.81. The largest absolute Gasteiger partial charge is 0.328 e. The molecule has 0 N–H and O–H groups in total. The molecule has 3 heteroatoms. The van der Waals surface area contributed by atoms with Crippen molar-refractivity contribution in [2.45, 2.75) is 58.5 Å². The molecule has 1 aromatic heterocycles. The third kappa shape index (κ3) is 2.39. The van der Waals surface area contributed by atoms with E-state index >= 15 is 0 Å². The number of imidazole rings is 1. The Morgan fingerprint density at radius 2 is 1.94 bits per heavy atom. The lowest BCUT2D eigenvalue weighted by Crippen LogP contribution is -2.28. The highest BCUT2D eigenvalue weighted by atomic mass is 16.1. The SMILES string of the molecule is CC(C)n1ccn(CC2CCCCC2)c1=O. The normalized spacial score (nSPS) is 18.2. The average molecular weight is 222 g/mol. The van der Waals surface area contributed by atoms with Gasteiger partial charge in [-0.2, -0.15) is 0 Å². The molecular weight excluding hydrogens is 200 g/mol. The molecule has 90 valence electrons. The summed E-state index contributed by atoms with van der Waals surface area (Å²) in [6, 6.07) is 0.264. The molecular formula is C13H22N2O. The number of nitrogens with zero attached hydrogens (tertiary/aromatic N) is 2. The lowest BCUT2D eigenvalue weighted by Gasteiger charge is -2.21. The third-order valence-electron chi connectivity index (χ3n) is 3.61. The second-order valence-corrected chi connectivity index (χ2v) is 5.24. The van der Waals surface area contributed by atoms with E-state index in [0.29, 0.717) is 0 Å². The third-order valence-corrected chi connectivity index (χ3v) is 3.61. The summed E-state index contributed by atoms with van der Waals surface area (Å²) in [5.74, 6) is 0.717. The average Bonchev–Trinajstić information content (AvgIpc) is 2.62. The van der Waals surface area contributed by atoms with Crippen LogP contribution in [0.3, 0.4) is 0 Å². The van der Waals surface area contributed by atoms with Gasteiger partial charge in [-0.15, -0.1) is 0 Å². The Bertz CT molecular complexity index is 383. The van der Waals surface area contributed by atoms with Crippen molar-refractivity contribution >= 4 is 0 Å². The van der Waals surface area contributed by atoms with Gasteiger partial charge in [-0.05, 0) is 32.6 Å². The number of hydrogen-bond acceptors (Lipinski definition) is 1. The van der Waals surface area contributed by atoms with Crippen LogP contribution >= 0.6 is 0 Å². The van der Waals surface area contributed by atoms with Crippen molar-refractivity contribution in [1.29, 1.82) is 0 Å². The van der Waals surface area contributed by atoms with Crippen LogP contribution in [0.4, 0.5) is 0 Å². The van der Waals surface area contributed by atoms with Gasteiger partial charge in [0.05, 0.1) is 0 Å². The fraction of sp³-hybridized carbons (Fsp3) is 0.769. The van der Waals surface area contributed by atoms with Gasteiger partial charge < -0.3 is 0 Å². The number of rotatable bonds is 3. The maximum absolute atomic E-state index is 12.0. The first kappa shape index (κ1) is 11.5. The van der Waals surface area contributed by atoms with Crippen LogP contribution in [0.2, 0.25) is 0 Å². The van der Waals surface area contributed by atoms with Crippen molar-refractivity contribution in [2.75, 3.05) is 0 Å². The van der Waals surface area contributed by atoms with E-state index in [-0.39, 0.29) is 11.7 Å². The van der Waals surface area contributed by atoms with E-state index in [1.807, 2.05) is 35.4 Å². The molecule has 1 fully saturated rings. The molecule has 2 rings (SSSR count). The molecule has 0 aliphatic heterocycles. The van der Waals surface area contributed by atoms with Crippen molar-refractivity contribution in [3.05, 3.63) is 22.9 Å². The van der Waals surface area contributed by atoms with Crippen molar-refractivity contribution in [3.8, 4) is 0 Å². The van der Waals surface area contributed by atoms with E-state index in [0.717, 1.165) is 12.5 Å². The molecule has 0 spiro atoms. The van der Waals surface area contributed by atoms with Gasteiger partial charge in [0.15, 0.2) is 0 Å². The van der Waals surface area contributed by atoms with Crippen LogP contribution in [0.25, 0.3) is 0 Å². The second-order valence-electron chi connectivity index (χ2n) is 5.24. The summed E-state index contributed by atoms with van der Waals surface area (Å²) < 4.78 is 3.69. The minimum Gasteiger partial charge on any atom is -0.299 e. The summed E-state index contributed by atoms with van der Waals surface area (Å²) in [5, 5.41) is 0. The molecule has 1 aromatic rings. The van der Waals surface area contributed by atoms with Gasteiger partial charge in [0, 0.05) is 25.0 Å². The van der Waals surface area contributed by atoms with Gasteiger partial charge in [0.2, 0.25) is 0 Å². The van der Waals surface area contributed by atoms with Gasteiger partial charge >= 0.3 is 5.69 Å². The lowest BCUT2D eigenvalue weighted by molar-refractivity contribution is 0.314. The van der Waals surface area contributed by atoms with Crippen LogP contribution < -0.4 is 5.69 Å². The fourth-order valence-corrected chi connectivity index (χ4v) is 2.61. The van der Waals surface area contributed by atoms with Crippen molar-refractivity contribution in [1.82, 2.24) is 9.13 Å².